The average Bonchev–Trinajstić information content (AvgIpc) is 2.92. The van der Waals surface area contributed by atoms with Gasteiger partial charge < -0.3 is 14.7 Å². The van der Waals surface area contributed by atoms with Crippen molar-refractivity contribution in [2.24, 2.45) is 0 Å². The van der Waals surface area contributed by atoms with E-state index in [0.29, 0.717) is 6.07 Å². The molecular weight excluding hydrogens is 466 g/mol. The second-order valence-electron chi connectivity index (χ2n) is 7.27. The molecule has 0 saturated carbocycles. The highest BCUT2D eigenvalue weighted by atomic mass is 32.1. The molecule has 2 aromatic carbocycles. The average molecular weight is 481 g/mol. The van der Waals surface area contributed by atoms with E-state index in [2.05, 4.69) is 0 Å². The molecule has 0 aliphatic carbocycles. The molecule has 0 bridgehead atoms. The van der Waals surface area contributed by atoms with Gasteiger partial charge in [0.25, 0.3) is 5.91 Å². The lowest BCUT2D eigenvalue weighted by Gasteiger charge is -2.32. The van der Waals surface area contributed by atoms with Crippen molar-refractivity contribution >= 4 is 40.6 Å². The Balaban J connectivity index is 2.17. The van der Waals surface area contributed by atoms with E-state index in [-0.39, 0.29) is 23.1 Å². The van der Waals surface area contributed by atoms with Gasteiger partial charge in [0.2, 0.25) is 0 Å². The van der Waals surface area contributed by atoms with Crippen molar-refractivity contribution in [1.29, 1.82) is 5.26 Å². The number of hydrogen-bond donors (Lipinski definition) is 1. The molecule has 1 atom stereocenters. The molecule has 0 spiro atoms. The van der Waals surface area contributed by atoms with Crippen LogP contribution in [-0.4, -0.2) is 41.4 Å². The smallest absolute Gasteiger partial charge is 0.417 e. The number of carboxylic acid groups (broad SMARTS) is 1. The molecule has 172 valence electrons. The number of hydrogen-bond acceptors (Lipinski definition) is 5. The number of carbonyl (C=O) groups excluding carboxylic acids is 1. The highest BCUT2D eigenvalue weighted by Crippen LogP contribution is 2.40. The van der Waals surface area contributed by atoms with Gasteiger partial charge in [-0.15, -0.1) is 0 Å². The van der Waals surface area contributed by atoms with Gasteiger partial charge in [0.1, 0.15) is 11.4 Å². The van der Waals surface area contributed by atoms with Gasteiger partial charge in [-0.05, 0) is 55.5 Å². The fraction of sp³-hybridized carbons (Fsp3) is 0.238. The number of halogens is 4. The molecule has 1 aliphatic rings. The molecule has 0 radical (unpaired) electrons. The molecule has 1 aliphatic heterocycles. The number of nitrogens with zero attached hydrogens (tertiary/aromatic N) is 3. The molecule has 33 heavy (non-hydrogen) atoms. The van der Waals surface area contributed by atoms with Gasteiger partial charge in [-0.2, -0.15) is 18.4 Å². The zero-order valence-corrected chi connectivity index (χ0v) is 17.9. The van der Waals surface area contributed by atoms with Crippen molar-refractivity contribution in [3.05, 3.63) is 58.9 Å². The molecule has 3 rings (SSSR count). The summed E-state index contributed by atoms with van der Waals surface area (Å²) in [5, 5.41) is 17.8. The number of thiocarbonyl (C=S) groups is 1. The number of alkyl halides is 3. The first-order valence-corrected chi connectivity index (χ1v) is 9.59. The number of aromatic carboxylic acids is 1. The summed E-state index contributed by atoms with van der Waals surface area (Å²) in [6.45, 7) is 1.13. The minimum absolute atomic E-state index is 0.00240. The summed E-state index contributed by atoms with van der Waals surface area (Å²) in [5.74, 6) is -3.35. The van der Waals surface area contributed by atoms with E-state index in [4.69, 9.17) is 27.3 Å². The van der Waals surface area contributed by atoms with E-state index in [1.165, 1.54) is 31.1 Å². The molecular formula is C21H15F4N3O4S. The summed E-state index contributed by atoms with van der Waals surface area (Å²) in [6.07, 6.45) is -4.86. The Bertz CT molecular complexity index is 1210. The van der Waals surface area contributed by atoms with Gasteiger partial charge in [-0.1, -0.05) is 0 Å². The van der Waals surface area contributed by atoms with Crippen LogP contribution in [0.4, 0.5) is 28.9 Å². The van der Waals surface area contributed by atoms with Gasteiger partial charge in [0.15, 0.2) is 5.11 Å². The topological polar surface area (TPSA) is 93.9 Å². The van der Waals surface area contributed by atoms with Crippen molar-refractivity contribution < 1.29 is 37.0 Å². The molecule has 1 amide bonds. The van der Waals surface area contributed by atoms with Crippen LogP contribution in [0.2, 0.25) is 0 Å². The number of carboxylic acids is 1. The number of carbonyl (C=O) groups is 2. The predicted molar refractivity (Wildman–Crippen MR) is 112 cm³/mol. The van der Waals surface area contributed by atoms with E-state index in [1.54, 1.807) is 0 Å². The zero-order valence-electron chi connectivity index (χ0n) is 17.1. The van der Waals surface area contributed by atoms with Gasteiger partial charge in [-0.3, -0.25) is 9.69 Å². The van der Waals surface area contributed by atoms with Crippen molar-refractivity contribution in [3.8, 4) is 6.07 Å². The van der Waals surface area contributed by atoms with Gasteiger partial charge >= 0.3 is 12.1 Å². The van der Waals surface area contributed by atoms with Crippen molar-refractivity contribution in [2.75, 3.05) is 23.5 Å². The Morgan fingerprint density at radius 1 is 1.24 bits per heavy atom. The number of amides is 1. The maximum Gasteiger partial charge on any atom is 0.417 e. The van der Waals surface area contributed by atoms with Crippen molar-refractivity contribution in [1.82, 2.24) is 0 Å². The number of ether oxygens (including phenoxy) is 1. The van der Waals surface area contributed by atoms with Crippen LogP contribution >= 0.6 is 12.2 Å². The van der Waals surface area contributed by atoms with Crippen LogP contribution in [-0.2, 0) is 15.7 Å². The molecule has 1 N–H and O–H groups in total. The standard InChI is InChI=1S/C21H15F4N3O4S/c1-20(10-32-2)18(31)27(12-4-3-11(9-26)15(7-12)21(23,24)25)19(33)28(20)13-5-6-14(17(29)30)16(22)8-13/h3-8H,10H2,1-2H3,(H,29,30)/t20-/m1/s1. The van der Waals surface area contributed by atoms with Crippen molar-refractivity contribution in [3.63, 3.8) is 0 Å². The highest BCUT2D eigenvalue weighted by Gasteiger charge is 2.54. The summed E-state index contributed by atoms with van der Waals surface area (Å²) in [5.41, 5.74) is -4.32. The largest absolute Gasteiger partial charge is 0.478 e. The lowest BCUT2D eigenvalue weighted by atomic mass is 10.00. The molecule has 2 aromatic rings. The summed E-state index contributed by atoms with van der Waals surface area (Å²) < 4.78 is 59.9. The van der Waals surface area contributed by atoms with Crippen LogP contribution in [0.25, 0.3) is 0 Å². The molecule has 0 aromatic heterocycles. The number of methoxy groups -OCH3 is 1. The van der Waals surface area contributed by atoms with Crippen molar-refractivity contribution in [2.45, 2.75) is 18.6 Å². The molecule has 1 heterocycles. The summed E-state index contributed by atoms with van der Waals surface area (Å²) in [6, 6.07) is 7.23. The first-order valence-electron chi connectivity index (χ1n) is 9.18. The third-order valence-corrected chi connectivity index (χ3v) is 5.46. The van der Waals surface area contributed by atoms with Crippen LogP contribution in [0.5, 0.6) is 0 Å². The van der Waals surface area contributed by atoms with E-state index in [0.717, 1.165) is 29.2 Å². The van der Waals surface area contributed by atoms with Crippen LogP contribution in [0.1, 0.15) is 28.4 Å². The minimum atomic E-state index is -4.86. The zero-order chi connectivity index (χ0) is 24.7. The number of anilines is 2. The molecule has 12 heteroatoms. The number of rotatable bonds is 5. The fourth-order valence-electron chi connectivity index (χ4n) is 3.58. The third kappa shape index (κ3) is 4.01. The quantitative estimate of drug-likeness (QED) is 0.511. The minimum Gasteiger partial charge on any atom is -0.478 e. The van der Waals surface area contributed by atoms with Gasteiger partial charge in [0, 0.05) is 12.8 Å². The molecule has 1 saturated heterocycles. The first-order chi connectivity index (χ1) is 15.4. The van der Waals surface area contributed by atoms with Crippen LogP contribution in [0, 0.1) is 17.1 Å². The number of benzene rings is 2. The maximum absolute atomic E-state index is 14.4. The number of nitriles is 1. The Hall–Kier alpha value is -3.56. The highest BCUT2D eigenvalue weighted by molar-refractivity contribution is 7.81. The Morgan fingerprint density at radius 2 is 1.88 bits per heavy atom. The lowest BCUT2D eigenvalue weighted by Crippen LogP contribution is -2.51. The summed E-state index contributed by atoms with van der Waals surface area (Å²) in [7, 11) is 1.29. The monoisotopic (exact) mass is 481 g/mol. The van der Waals surface area contributed by atoms with Gasteiger partial charge in [0.05, 0.1) is 35.1 Å². The predicted octanol–water partition coefficient (Wildman–Crippen LogP) is 3.96. The van der Waals surface area contributed by atoms with Crippen LogP contribution < -0.4 is 9.80 Å². The van der Waals surface area contributed by atoms with E-state index >= 15 is 0 Å². The van der Waals surface area contributed by atoms with Crippen LogP contribution in [0.15, 0.2) is 36.4 Å². The fourth-order valence-corrected chi connectivity index (χ4v) is 4.08. The Morgan fingerprint density at radius 3 is 2.39 bits per heavy atom. The summed E-state index contributed by atoms with van der Waals surface area (Å²) in [4.78, 5) is 26.5. The molecule has 0 unspecified atom stereocenters. The lowest BCUT2D eigenvalue weighted by molar-refractivity contribution is -0.137. The molecule has 7 nitrogen and oxygen atoms in total. The van der Waals surface area contributed by atoms with E-state index in [9.17, 15) is 27.2 Å². The van der Waals surface area contributed by atoms with E-state index in [1.807, 2.05) is 0 Å². The third-order valence-electron chi connectivity index (χ3n) is 5.09. The normalized spacial score (nSPS) is 18.6. The second-order valence-corrected chi connectivity index (χ2v) is 7.64. The first kappa shape index (κ1) is 24.1. The van der Waals surface area contributed by atoms with Crippen LogP contribution in [0.3, 0.4) is 0 Å². The van der Waals surface area contributed by atoms with Gasteiger partial charge in [-0.25, -0.2) is 9.18 Å². The Labute approximate surface area is 190 Å². The second kappa shape index (κ2) is 8.42. The Kier molecular flexibility index (Phi) is 6.14. The summed E-state index contributed by atoms with van der Waals surface area (Å²) >= 11 is 5.38. The maximum atomic E-state index is 14.4. The SMILES string of the molecule is COC[C@]1(C)C(=O)N(c2ccc(C#N)c(C(F)(F)F)c2)C(=S)N1c1ccc(C(=O)O)c(F)c1. The molecule has 1 fully saturated rings. The van der Waals surface area contributed by atoms with E-state index < -0.39 is 46.1 Å².